The van der Waals surface area contributed by atoms with E-state index in [-0.39, 0.29) is 6.61 Å². The fourth-order valence-corrected chi connectivity index (χ4v) is 0.826. The van der Waals surface area contributed by atoms with E-state index in [0.29, 0.717) is 0 Å². The monoisotopic (exact) mass is 213 g/mol. The van der Waals surface area contributed by atoms with E-state index >= 15 is 0 Å². The third-order valence-corrected chi connectivity index (χ3v) is 1.38. The average molecular weight is 213 g/mol. The molecule has 0 saturated carbocycles. The van der Waals surface area contributed by atoms with Crippen LogP contribution in [0.15, 0.2) is 24.8 Å². The maximum Gasteiger partial charge on any atom is 0.408 e. The van der Waals surface area contributed by atoms with Gasteiger partial charge in [0.05, 0.1) is 12.6 Å². The van der Waals surface area contributed by atoms with Crippen LogP contribution in [-0.2, 0) is 4.74 Å². The highest BCUT2D eigenvalue weighted by Gasteiger charge is 2.17. The lowest BCUT2D eigenvalue weighted by Crippen LogP contribution is -2.39. The van der Waals surface area contributed by atoms with Crippen LogP contribution in [-0.4, -0.2) is 29.4 Å². The lowest BCUT2D eigenvalue weighted by molar-refractivity contribution is 0.0498. The van der Waals surface area contributed by atoms with E-state index < -0.39 is 17.7 Å². The number of hydrogen-bond acceptors (Lipinski definition) is 3. The zero-order valence-corrected chi connectivity index (χ0v) is 9.49. The minimum absolute atomic E-state index is 0.177. The molecule has 0 aromatic heterocycles. The number of hydrogen-bond donors (Lipinski definition) is 2. The normalized spacial score (nSPS) is 13.6. The fourth-order valence-electron chi connectivity index (χ4n) is 0.826. The van der Waals surface area contributed by atoms with Gasteiger partial charge in [0, 0.05) is 0 Å². The number of allylic oxidation sites excluding steroid dienone is 2. The summed E-state index contributed by atoms with van der Waals surface area (Å²) < 4.78 is 5.03. The number of nitrogens with one attached hydrogen (secondary N) is 1. The smallest absolute Gasteiger partial charge is 0.408 e. The molecule has 1 amide bonds. The summed E-state index contributed by atoms with van der Waals surface area (Å²) in [5, 5.41) is 11.5. The van der Waals surface area contributed by atoms with E-state index in [0.717, 1.165) is 0 Å². The third-order valence-electron chi connectivity index (χ3n) is 1.38. The van der Waals surface area contributed by atoms with Crippen LogP contribution >= 0.6 is 0 Å². The van der Waals surface area contributed by atoms with Crippen LogP contribution in [0, 0.1) is 0 Å². The standard InChI is InChI=1S/C11H19NO3/c1-5-6-7-9(8-13)12-10(14)15-11(2,3)4/h5-7,9,13H,1,8H2,2-4H3,(H,12,14)/b7-6-/t9-/m0/s1. The molecule has 1 atom stereocenters. The van der Waals surface area contributed by atoms with Crippen LogP contribution in [0.1, 0.15) is 20.8 Å². The van der Waals surface area contributed by atoms with Crippen molar-refractivity contribution in [3.8, 4) is 0 Å². The van der Waals surface area contributed by atoms with Gasteiger partial charge in [-0.05, 0) is 20.8 Å². The molecule has 0 bridgehead atoms. The van der Waals surface area contributed by atoms with Crippen molar-refractivity contribution in [2.24, 2.45) is 0 Å². The maximum atomic E-state index is 11.3. The van der Waals surface area contributed by atoms with Gasteiger partial charge in [-0.15, -0.1) is 0 Å². The van der Waals surface area contributed by atoms with Crippen LogP contribution in [0.5, 0.6) is 0 Å². The summed E-state index contributed by atoms with van der Waals surface area (Å²) in [7, 11) is 0. The van der Waals surface area contributed by atoms with Crippen LogP contribution < -0.4 is 5.32 Å². The average Bonchev–Trinajstić information content (AvgIpc) is 2.09. The summed E-state index contributed by atoms with van der Waals surface area (Å²) in [6.45, 7) is 8.65. The zero-order chi connectivity index (χ0) is 11.9. The van der Waals surface area contributed by atoms with E-state index in [1.54, 1.807) is 39.0 Å². The molecular formula is C11H19NO3. The summed E-state index contributed by atoms with van der Waals surface area (Å²) in [5.74, 6) is 0. The number of rotatable bonds is 4. The van der Waals surface area contributed by atoms with Gasteiger partial charge in [0.1, 0.15) is 5.60 Å². The summed E-state index contributed by atoms with van der Waals surface area (Å²) in [5.41, 5.74) is -0.535. The molecule has 0 spiro atoms. The maximum absolute atomic E-state index is 11.3. The first-order valence-electron chi connectivity index (χ1n) is 4.78. The van der Waals surface area contributed by atoms with Crippen molar-refractivity contribution < 1.29 is 14.6 Å². The number of ether oxygens (including phenoxy) is 1. The molecule has 0 unspecified atom stereocenters. The Morgan fingerprint density at radius 1 is 1.60 bits per heavy atom. The van der Waals surface area contributed by atoms with E-state index in [2.05, 4.69) is 11.9 Å². The van der Waals surface area contributed by atoms with Crippen molar-refractivity contribution in [1.29, 1.82) is 0 Å². The van der Waals surface area contributed by atoms with Crippen LogP contribution in [0.2, 0.25) is 0 Å². The van der Waals surface area contributed by atoms with E-state index in [1.807, 2.05) is 0 Å². The number of alkyl carbamates (subject to hydrolysis) is 1. The quantitative estimate of drug-likeness (QED) is 0.697. The highest BCUT2D eigenvalue weighted by molar-refractivity contribution is 5.68. The largest absolute Gasteiger partial charge is 0.444 e. The molecule has 0 aromatic rings. The summed E-state index contributed by atoms with van der Waals surface area (Å²) in [6, 6.07) is -0.446. The molecule has 0 aliphatic rings. The second-order valence-corrected chi connectivity index (χ2v) is 4.06. The molecule has 15 heavy (non-hydrogen) atoms. The van der Waals surface area contributed by atoms with Crippen molar-refractivity contribution in [2.45, 2.75) is 32.4 Å². The number of carbonyl (C=O) groups excluding carboxylic acids is 1. The molecular weight excluding hydrogens is 194 g/mol. The highest BCUT2D eigenvalue weighted by Crippen LogP contribution is 2.06. The van der Waals surface area contributed by atoms with Crippen molar-refractivity contribution in [1.82, 2.24) is 5.32 Å². The predicted molar refractivity (Wildman–Crippen MR) is 59.6 cm³/mol. The Hall–Kier alpha value is -1.29. The minimum Gasteiger partial charge on any atom is -0.444 e. The molecule has 0 aliphatic carbocycles. The molecule has 0 aliphatic heterocycles. The Bertz CT molecular complexity index is 241. The number of aliphatic hydroxyl groups is 1. The molecule has 86 valence electrons. The van der Waals surface area contributed by atoms with Gasteiger partial charge in [0.2, 0.25) is 0 Å². The van der Waals surface area contributed by atoms with Gasteiger partial charge >= 0.3 is 6.09 Å². The first kappa shape index (κ1) is 13.7. The van der Waals surface area contributed by atoms with Crippen LogP contribution in [0.3, 0.4) is 0 Å². The predicted octanol–water partition coefficient (Wildman–Crippen LogP) is 1.61. The van der Waals surface area contributed by atoms with Crippen molar-refractivity contribution in [3.05, 3.63) is 24.8 Å². The Labute approximate surface area is 90.6 Å². The van der Waals surface area contributed by atoms with Gasteiger partial charge in [-0.1, -0.05) is 24.8 Å². The van der Waals surface area contributed by atoms with E-state index in [1.165, 1.54) is 0 Å². The molecule has 0 rings (SSSR count). The molecule has 0 aromatic carbocycles. The molecule has 2 N–H and O–H groups in total. The second-order valence-electron chi connectivity index (χ2n) is 4.06. The summed E-state index contributed by atoms with van der Waals surface area (Å²) >= 11 is 0. The van der Waals surface area contributed by atoms with Gasteiger partial charge < -0.3 is 15.2 Å². The number of aliphatic hydroxyl groups excluding tert-OH is 1. The van der Waals surface area contributed by atoms with Gasteiger partial charge in [-0.2, -0.15) is 0 Å². The van der Waals surface area contributed by atoms with Crippen LogP contribution in [0.25, 0.3) is 0 Å². The SMILES string of the molecule is C=C/C=C\[C@@H](CO)NC(=O)OC(C)(C)C. The fraction of sp³-hybridized carbons (Fsp3) is 0.545. The first-order valence-corrected chi connectivity index (χ1v) is 4.78. The van der Waals surface area contributed by atoms with Crippen LogP contribution in [0.4, 0.5) is 4.79 Å². The van der Waals surface area contributed by atoms with Crippen molar-refractivity contribution >= 4 is 6.09 Å². The van der Waals surface area contributed by atoms with Gasteiger partial charge in [0.25, 0.3) is 0 Å². The van der Waals surface area contributed by atoms with Gasteiger partial charge in [0.15, 0.2) is 0 Å². The Morgan fingerprint density at radius 3 is 2.60 bits per heavy atom. The molecule has 0 saturated heterocycles. The second kappa shape index (κ2) is 6.24. The Balaban J connectivity index is 4.13. The first-order chi connectivity index (χ1) is 6.89. The summed E-state index contributed by atoms with van der Waals surface area (Å²) in [6.07, 6.45) is 4.31. The number of carbonyl (C=O) groups is 1. The molecule has 0 radical (unpaired) electrons. The lowest BCUT2D eigenvalue weighted by atomic mass is 10.2. The molecule has 4 nitrogen and oxygen atoms in total. The van der Waals surface area contributed by atoms with Crippen molar-refractivity contribution in [3.63, 3.8) is 0 Å². The minimum atomic E-state index is -0.546. The van der Waals surface area contributed by atoms with E-state index in [9.17, 15) is 4.79 Å². The number of amides is 1. The summed E-state index contributed by atoms with van der Waals surface area (Å²) in [4.78, 5) is 11.3. The third kappa shape index (κ3) is 7.76. The molecule has 0 heterocycles. The highest BCUT2D eigenvalue weighted by atomic mass is 16.6. The van der Waals surface area contributed by atoms with E-state index in [4.69, 9.17) is 9.84 Å². The Kier molecular flexibility index (Phi) is 5.70. The lowest BCUT2D eigenvalue weighted by Gasteiger charge is -2.21. The van der Waals surface area contributed by atoms with Gasteiger partial charge in [-0.3, -0.25) is 0 Å². The topological polar surface area (TPSA) is 58.6 Å². The zero-order valence-electron chi connectivity index (χ0n) is 9.49. The molecule has 0 fully saturated rings. The van der Waals surface area contributed by atoms with Gasteiger partial charge in [-0.25, -0.2) is 4.79 Å². The molecule has 4 heteroatoms. The Morgan fingerprint density at radius 2 is 2.20 bits per heavy atom. The van der Waals surface area contributed by atoms with Crippen molar-refractivity contribution in [2.75, 3.05) is 6.61 Å².